The Morgan fingerprint density at radius 2 is 1.90 bits per heavy atom. The van der Waals surface area contributed by atoms with Crippen molar-refractivity contribution in [2.24, 2.45) is 0 Å². The number of alkyl halides is 3. The van der Waals surface area contributed by atoms with E-state index < -0.39 is 30.0 Å². The summed E-state index contributed by atoms with van der Waals surface area (Å²) in [6.07, 6.45) is -3.99. The largest absolute Gasteiger partial charge is 0.471 e. The number of halogens is 4. The lowest BCUT2D eigenvalue weighted by atomic mass is 9.88. The van der Waals surface area contributed by atoms with Crippen LogP contribution >= 0.6 is 0 Å². The number of nitrogens with zero attached hydrogens (tertiary/aromatic N) is 1. The monoisotopic (exact) mass is 408 g/mol. The minimum Gasteiger partial charge on any atom is -0.455 e. The molecule has 2 aromatic carbocycles. The Kier molecular flexibility index (Phi) is 4.67. The van der Waals surface area contributed by atoms with Crippen LogP contribution in [0.25, 0.3) is 0 Å². The minimum atomic E-state index is -4.96. The standard InChI is InChI=1S/C21H20F4N2O2/c1-11-12(2)18-17(10-14(11)22)29-16-8-4-3-6-13(16)19-15(7-5-9-27(18)19)26-20(28)21(23,24)25/h3-4,6,8,10,15,19H,5,7,9H2,1-2H3,(H,26,28)/t15-,19+/m0/s1. The van der Waals surface area contributed by atoms with Crippen LogP contribution in [0.4, 0.5) is 23.2 Å². The zero-order chi connectivity index (χ0) is 20.9. The highest BCUT2D eigenvalue weighted by atomic mass is 19.4. The first-order valence-electron chi connectivity index (χ1n) is 9.39. The molecule has 0 unspecified atom stereocenters. The molecule has 154 valence electrons. The number of rotatable bonds is 1. The van der Waals surface area contributed by atoms with Crippen molar-refractivity contribution in [3.63, 3.8) is 0 Å². The fourth-order valence-corrected chi connectivity index (χ4v) is 4.24. The lowest BCUT2D eigenvalue weighted by Crippen LogP contribution is -2.53. The van der Waals surface area contributed by atoms with Crippen LogP contribution in [0.5, 0.6) is 11.5 Å². The Bertz CT molecular complexity index is 974. The Balaban J connectivity index is 1.87. The highest BCUT2D eigenvalue weighted by molar-refractivity contribution is 5.82. The van der Waals surface area contributed by atoms with E-state index in [2.05, 4.69) is 5.32 Å². The van der Waals surface area contributed by atoms with Crippen LogP contribution in [-0.2, 0) is 4.79 Å². The van der Waals surface area contributed by atoms with E-state index in [1.54, 1.807) is 38.1 Å². The quantitative estimate of drug-likeness (QED) is 0.680. The zero-order valence-corrected chi connectivity index (χ0v) is 15.9. The number of piperidine rings is 1. The van der Waals surface area contributed by atoms with Gasteiger partial charge in [-0.3, -0.25) is 4.79 Å². The van der Waals surface area contributed by atoms with E-state index in [0.717, 1.165) is 0 Å². The summed E-state index contributed by atoms with van der Waals surface area (Å²) in [7, 11) is 0. The second-order valence-corrected chi connectivity index (χ2v) is 7.45. The predicted molar refractivity (Wildman–Crippen MR) is 99.7 cm³/mol. The van der Waals surface area contributed by atoms with Crippen LogP contribution in [0.15, 0.2) is 30.3 Å². The van der Waals surface area contributed by atoms with Crippen LogP contribution in [0.1, 0.15) is 35.6 Å². The molecule has 1 N–H and O–H groups in total. The lowest BCUT2D eigenvalue weighted by molar-refractivity contribution is -0.174. The molecule has 2 atom stereocenters. The molecule has 4 nitrogen and oxygen atoms in total. The van der Waals surface area contributed by atoms with E-state index in [9.17, 15) is 22.4 Å². The van der Waals surface area contributed by atoms with Gasteiger partial charge in [-0.1, -0.05) is 18.2 Å². The lowest BCUT2D eigenvalue weighted by Gasteiger charge is -2.43. The van der Waals surface area contributed by atoms with Crippen molar-refractivity contribution >= 4 is 11.6 Å². The molecule has 0 radical (unpaired) electrons. The summed E-state index contributed by atoms with van der Waals surface area (Å²) >= 11 is 0. The number of benzene rings is 2. The van der Waals surface area contributed by atoms with Gasteiger partial charge in [-0.2, -0.15) is 13.2 Å². The van der Waals surface area contributed by atoms with Gasteiger partial charge in [-0.15, -0.1) is 0 Å². The minimum absolute atomic E-state index is 0.323. The molecule has 2 aliphatic heterocycles. The molecule has 2 aliphatic rings. The van der Waals surface area contributed by atoms with E-state index in [0.29, 0.717) is 53.3 Å². The van der Waals surface area contributed by atoms with Crippen LogP contribution < -0.4 is 15.0 Å². The molecule has 8 heteroatoms. The van der Waals surface area contributed by atoms with Crippen molar-refractivity contribution in [2.75, 3.05) is 11.4 Å². The van der Waals surface area contributed by atoms with Gasteiger partial charge in [0.25, 0.3) is 0 Å². The van der Waals surface area contributed by atoms with Crippen molar-refractivity contribution in [3.05, 3.63) is 52.8 Å². The number of para-hydroxylation sites is 1. The van der Waals surface area contributed by atoms with Crippen molar-refractivity contribution < 1.29 is 27.1 Å². The Labute approximate surface area is 165 Å². The average Bonchev–Trinajstić information content (AvgIpc) is 2.80. The zero-order valence-electron chi connectivity index (χ0n) is 15.9. The molecule has 1 fully saturated rings. The fraction of sp³-hybridized carbons (Fsp3) is 0.381. The fourth-order valence-electron chi connectivity index (χ4n) is 4.24. The summed E-state index contributed by atoms with van der Waals surface area (Å²) in [5.74, 6) is -1.60. The first kappa shape index (κ1) is 19.5. The number of carbonyl (C=O) groups is 1. The molecule has 0 aliphatic carbocycles. The number of hydrogen-bond donors (Lipinski definition) is 1. The highest BCUT2D eigenvalue weighted by Crippen LogP contribution is 2.49. The van der Waals surface area contributed by atoms with Gasteiger partial charge < -0.3 is 15.0 Å². The van der Waals surface area contributed by atoms with E-state index in [1.165, 1.54) is 6.07 Å². The molecule has 0 aromatic heterocycles. The molecule has 29 heavy (non-hydrogen) atoms. The summed E-state index contributed by atoms with van der Waals surface area (Å²) < 4.78 is 59.2. The Hall–Kier alpha value is -2.77. The third kappa shape index (κ3) is 3.30. The summed E-state index contributed by atoms with van der Waals surface area (Å²) in [4.78, 5) is 13.6. The second kappa shape index (κ2) is 6.93. The SMILES string of the molecule is Cc1c(F)cc2c(c1C)N1CCC[C@H](NC(=O)C(F)(F)F)[C@H]1c1ccccc1O2. The van der Waals surface area contributed by atoms with Gasteiger partial charge in [0.1, 0.15) is 11.6 Å². The molecule has 2 heterocycles. The van der Waals surface area contributed by atoms with Gasteiger partial charge in [-0.25, -0.2) is 4.39 Å². The Morgan fingerprint density at radius 1 is 1.17 bits per heavy atom. The second-order valence-electron chi connectivity index (χ2n) is 7.45. The molecule has 0 spiro atoms. The van der Waals surface area contributed by atoms with Gasteiger partial charge in [-0.05, 0) is 43.9 Å². The van der Waals surface area contributed by atoms with Gasteiger partial charge >= 0.3 is 12.1 Å². The van der Waals surface area contributed by atoms with Gasteiger partial charge in [0.2, 0.25) is 0 Å². The summed E-state index contributed by atoms with van der Waals surface area (Å²) in [6, 6.07) is 6.98. The third-order valence-corrected chi connectivity index (χ3v) is 5.72. The van der Waals surface area contributed by atoms with Crippen molar-refractivity contribution in [1.29, 1.82) is 0 Å². The first-order chi connectivity index (χ1) is 13.7. The number of ether oxygens (including phenoxy) is 1. The van der Waals surface area contributed by atoms with Gasteiger partial charge in [0, 0.05) is 18.2 Å². The summed E-state index contributed by atoms with van der Waals surface area (Å²) in [5.41, 5.74) is 2.43. The maximum atomic E-state index is 14.4. The van der Waals surface area contributed by atoms with Gasteiger partial charge in [0.15, 0.2) is 5.75 Å². The maximum absolute atomic E-state index is 14.4. The molecule has 0 saturated carbocycles. The third-order valence-electron chi connectivity index (χ3n) is 5.72. The molecule has 4 rings (SSSR count). The number of nitrogens with one attached hydrogen (secondary N) is 1. The van der Waals surface area contributed by atoms with E-state index >= 15 is 0 Å². The van der Waals surface area contributed by atoms with Crippen LogP contribution in [0, 0.1) is 19.7 Å². The van der Waals surface area contributed by atoms with E-state index in [1.807, 2.05) is 4.90 Å². The van der Waals surface area contributed by atoms with Crippen molar-refractivity contribution in [1.82, 2.24) is 5.32 Å². The predicted octanol–water partition coefficient (Wildman–Crippen LogP) is 4.94. The summed E-state index contributed by atoms with van der Waals surface area (Å²) in [6.45, 7) is 3.98. The average molecular weight is 408 g/mol. The number of anilines is 1. The molecule has 0 bridgehead atoms. The molecule has 2 aromatic rings. The first-order valence-corrected chi connectivity index (χ1v) is 9.39. The molecular formula is C21H20F4N2O2. The summed E-state index contributed by atoms with van der Waals surface area (Å²) in [5, 5.41) is 2.17. The number of carbonyl (C=O) groups excluding carboxylic acids is 1. The smallest absolute Gasteiger partial charge is 0.455 e. The Morgan fingerprint density at radius 3 is 2.62 bits per heavy atom. The number of fused-ring (bicyclic) bond motifs is 5. The van der Waals surface area contributed by atoms with Gasteiger partial charge in [0.05, 0.1) is 17.8 Å². The van der Waals surface area contributed by atoms with Crippen LogP contribution in [0.3, 0.4) is 0 Å². The normalized spacial score (nSPS) is 20.7. The van der Waals surface area contributed by atoms with E-state index in [-0.39, 0.29) is 0 Å². The maximum Gasteiger partial charge on any atom is 0.471 e. The number of amides is 1. The van der Waals surface area contributed by atoms with Crippen LogP contribution in [0.2, 0.25) is 0 Å². The van der Waals surface area contributed by atoms with Crippen molar-refractivity contribution in [2.45, 2.75) is 44.9 Å². The molecular weight excluding hydrogens is 388 g/mol. The van der Waals surface area contributed by atoms with E-state index in [4.69, 9.17) is 4.74 Å². The van der Waals surface area contributed by atoms with Crippen LogP contribution in [-0.4, -0.2) is 24.7 Å². The molecule has 1 amide bonds. The number of hydrogen-bond acceptors (Lipinski definition) is 3. The highest BCUT2D eigenvalue weighted by Gasteiger charge is 2.44. The molecule has 1 saturated heterocycles. The topological polar surface area (TPSA) is 41.6 Å². The van der Waals surface area contributed by atoms with Crippen molar-refractivity contribution in [3.8, 4) is 11.5 Å².